The number of rotatable bonds is 8. The Morgan fingerprint density at radius 2 is 1.94 bits per heavy atom. The minimum Gasteiger partial charge on any atom is -0.479 e. The van der Waals surface area contributed by atoms with Crippen LogP contribution in [0.2, 0.25) is 0 Å². The minimum absolute atomic E-state index is 0.0107. The Balaban J connectivity index is 1.46. The first-order valence-corrected chi connectivity index (χ1v) is 10.8. The van der Waals surface area contributed by atoms with Crippen molar-refractivity contribution in [1.82, 2.24) is 4.57 Å². The van der Waals surface area contributed by atoms with E-state index < -0.39 is 12.1 Å². The normalized spacial score (nSPS) is 14.0. The predicted molar refractivity (Wildman–Crippen MR) is 129 cm³/mol. The van der Waals surface area contributed by atoms with E-state index in [0.717, 1.165) is 17.7 Å². The third-order valence-electron chi connectivity index (χ3n) is 5.66. The molecule has 1 N–H and O–H groups in total. The highest BCUT2D eigenvalue weighted by Crippen LogP contribution is 2.29. The first kappa shape index (κ1) is 22.1. The molecule has 2 aromatic carbocycles. The van der Waals surface area contributed by atoms with Gasteiger partial charge >= 0.3 is 5.97 Å². The maximum atomic E-state index is 13.3. The van der Waals surface area contributed by atoms with Crippen molar-refractivity contribution in [3.8, 4) is 5.75 Å². The van der Waals surface area contributed by atoms with Gasteiger partial charge in [-0.1, -0.05) is 48.6 Å². The van der Waals surface area contributed by atoms with Crippen molar-refractivity contribution in [2.45, 2.75) is 26.0 Å². The minimum atomic E-state index is -1.01. The number of ketones is 1. The van der Waals surface area contributed by atoms with Crippen molar-refractivity contribution in [3.63, 3.8) is 0 Å². The number of hydrogen-bond acceptors (Lipinski definition) is 4. The maximum absolute atomic E-state index is 13.3. The highest BCUT2D eigenvalue weighted by Gasteiger charge is 2.24. The van der Waals surface area contributed by atoms with Crippen molar-refractivity contribution in [3.05, 3.63) is 102 Å². The average molecular weight is 443 g/mol. The van der Waals surface area contributed by atoms with Gasteiger partial charge in [0, 0.05) is 25.5 Å². The Bertz CT molecular complexity index is 1240. The van der Waals surface area contributed by atoms with Crippen molar-refractivity contribution in [1.29, 1.82) is 0 Å². The molecule has 33 heavy (non-hydrogen) atoms. The molecule has 168 valence electrons. The molecule has 1 aliphatic heterocycles. The summed E-state index contributed by atoms with van der Waals surface area (Å²) in [6, 6.07) is 19.1. The quantitative estimate of drug-likeness (QED) is 0.507. The zero-order valence-corrected chi connectivity index (χ0v) is 18.6. The third-order valence-corrected chi connectivity index (χ3v) is 5.66. The summed E-state index contributed by atoms with van der Waals surface area (Å²) in [6.07, 6.45) is 7.59. The topological polar surface area (TPSA) is 71.8 Å². The van der Waals surface area contributed by atoms with E-state index >= 15 is 0 Å². The molecule has 3 aromatic rings. The fraction of sp³-hybridized carbons (Fsp3) is 0.185. The lowest BCUT2D eigenvalue weighted by atomic mass is 10.0. The molecule has 1 aliphatic rings. The summed E-state index contributed by atoms with van der Waals surface area (Å²) in [6.45, 7) is 2.02. The molecule has 0 unspecified atom stereocenters. The van der Waals surface area contributed by atoms with E-state index in [9.17, 15) is 9.59 Å². The summed E-state index contributed by atoms with van der Waals surface area (Å²) in [4.78, 5) is 26.3. The molecule has 1 atom stereocenters. The number of carboxylic acids is 1. The highest BCUT2D eigenvalue weighted by molar-refractivity contribution is 6.10. The number of carbonyl (C=O) groups excluding carboxylic acids is 1. The van der Waals surface area contributed by atoms with Crippen molar-refractivity contribution in [2.24, 2.45) is 0 Å². The van der Waals surface area contributed by atoms with Crippen molar-refractivity contribution in [2.75, 3.05) is 11.9 Å². The van der Waals surface area contributed by atoms with Crippen LogP contribution in [0.15, 0.2) is 84.7 Å². The molecule has 0 amide bonds. The molecule has 6 heteroatoms. The third kappa shape index (κ3) is 4.90. The molecule has 6 nitrogen and oxygen atoms in total. The van der Waals surface area contributed by atoms with Gasteiger partial charge in [-0.05, 0) is 54.8 Å². The highest BCUT2D eigenvalue weighted by atomic mass is 16.5. The number of fused-ring (bicyclic) bond motifs is 1. The smallest absolute Gasteiger partial charge is 0.344 e. The summed E-state index contributed by atoms with van der Waals surface area (Å²) in [5, 5.41) is 9.01. The zero-order chi connectivity index (χ0) is 23.4. The lowest BCUT2D eigenvalue weighted by Gasteiger charge is -2.28. The largest absolute Gasteiger partial charge is 0.479 e. The van der Waals surface area contributed by atoms with Gasteiger partial charge in [0.05, 0.1) is 11.4 Å². The summed E-state index contributed by atoms with van der Waals surface area (Å²) in [7, 11) is 1.93. The number of aliphatic carboxylic acids is 1. The number of hydrogen-bond donors (Lipinski definition) is 1. The Labute approximate surface area is 193 Å². The van der Waals surface area contributed by atoms with Gasteiger partial charge in [0.1, 0.15) is 5.75 Å². The number of Topliss-reactive ketones (excluding diaryl/α,β-unsaturated/α-hetero) is 1. The van der Waals surface area contributed by atoms with Crippen LogP contribution < -0.4 is 9.64 Å². The van der Waals surface area contributed by atoms with Crippen molar-refractivity contribution >= 4 is 23.5 Å². The number of anilines is 1. The molecular formula is C27H26N2O4. The first-order valence-electron chi connectivity index (χ1n) is 10.8. The average Bonchev–Trinajstić information content (AvgIpc) is 3.28. The van der Waals surface area contributed by atoms with E-state index in [1.54, 1.807) is 12.1 Å². The van der Waals surface area contributed by atoms with Crippen LogP contribution in [0.1, 0.15) is 28.5 Å². The van der Waals surface area contributed by atoms with Crippen LogP contribution in [0, 0.1) is 0 Å². The Hall–Kier alpha value is -4.06. The molecule has 0 aliphatic carbocycles. The Morgan fingerprint density at radius 3 is 2.76 bits per heavy atom. The molecule has 0 saturated carbocycles. The Kier molecular flexibility index (Phi) is 6.45. The SMILES string of the molecule is C[C@H](Oc1cccc(/C=C/Cn2cccc2C(=O)C2=CCc3ccccc3N2C)c1)C(=O)O. The molecule has 0 bridgehead atoms. The Morgan fingerprint density at radius 1 is 1.12 bits per heavy atom. The molecule has 0 radical (unpaired) electrons. The van der Waals surface area contributed by atoms with E-state index in [1.807, 2.05) is 83.4 Å². The first-order chi connectivity index (χ1) is 15.9. The molecule has 0 spiro atoms. The van der Waals surface area contributed by atoms with Crippen LogP contribution in [-0.4, -0.2) is 34.6 Å². The summed E-state index contributed by atoms with van der Waals surface area (Å²) >= 11 is 0. The number of ether oxygens (including phenoxy) is 1. The van der Waals surface area contributed by atoms with Crippen LogP contribution >= 0.6 is 0 Å². The van der Waals surface area contributed by atoms with Crippen LogP contribution in [-0.2, 0) is 17.8 Å². The number of nitrogens with zero attached hydrogens (tertiary/aromatic N) is 2. The summed E-state index contributed by atoms with van der Waals surface area (Å²) < 4.78 is 7.34. The van der Waals surface area contributed by atoms with E-state index in [0.29, 0.717) is 23.7 Å². The molecule has 0 saturated heterocycles. The number of benzene rings is 2. The zero-order valence-electron chi connectivity index (χ0n) is 18.6. The monoisotopic (exact) mass is 442 g/mol. The fourth-order valence-electron chi connectivity index (χ4n) is 3.89. The van der Waals surface area contributed by atoms with E-state index in [-0.39, 0.29) is 5.78 Å². The molecular weight excluding hydrogens is 416 g/mol. The summed E-state index contributed by atoms with van der Waals surface area (Å²) in [5.41, 5.74) is 4.45. The van der Waals surface area contributed by atoms with Gasteiger partial charge in [-0.3, -0.25) is 4.79 Å². The molecule has 1 aromatic heterocycles. The van der Waals surface area contributed by atoms with Gasteiger partial charge in [0.15, 0.2) is 6.10 Å². The van der Waals surface area contributed by atoms with Gasteiger partial charge in [-0.2, -0.15) is 0 Å². The number of para-hydroxylation sites is 1. The molecule has 0 fully saturated rings. The fourth-order valence-corrected chi connectivity index (χ4v) is 3.89. The van der Waals surface area contributed by atoms with Crippen LogP contribution in [0.3, 0.4) is 0 Å². The number of carboxylic acid groups (broad SMARTS) is 1. The molecule has 4 rings (SSSR count). The standard InChI is InChI=1S/C27H26N2O4/c1-19(27(31)32)33-22-11-5-8-20(18-22)9-6-16-29-17-7-13-25(29)26(30)24-15-14-21-10-3-4-12-23(21)28(24)2/h3-13,15,17-19H,14,16H2,1-2H3,(H,31,32)/b9-6+/t19-/m0/s1. The predicted octanol–water partition coefficient (Wildman–Crippen LogP) is 4.81. The van der Waals surface area contributed by atoms with Gasteiger partial charge in [0.25, 0.3) is 0 Å². The number of aromatic nitrogens is 1. The second-order valence-corrected chi connectivity index (χ2v) is 7.93. The van der Waals surface area contributed by atoms with Gasteiger partial charge in [0.2, 0.25) is 5.78 Å². The van der Waals surface area contributed by atoms with E-state index in [1.165, 1.54) is 12.5 Å². The number of carbonyl (C=O) groups is 2. The number of likely N-dealkylation sites (N-methyl/N-ethyl adjacent to an activating group) is 1. The number of allylic oxidation sites excluding steroid dienone is 3. The van der Waals surface area contributed by atoms with Gasteiger partial charge in [-0.25, -0.2) is 4.79 Å². The lowest BCUT2D eigenvalue weighted by molar-refractivity contribution is -0.144. The van der Waals surface area contributed by atoms with Crippen molar-refractivity contribution < 1.29 is 19.4 Å². The van der Waals surface area contributed by atoms with Crippen LogP contribution in [0.5, 0.6) is 5.75 Å². The van der Waals surface area contributed by atoms with E-state index in [2.05, 4.69) is 6.07 Å². The van der Waals surface area contributed by atoms with E-state index in [4.69, 9.17) is 9.84 Å². The van der Waals surface area contributed by atoms with Gasteiger partial charge < -0.3 is 19.3 Å². The molecule has 2 heterocycles. The lowest BCUT2D eigenvalue weighted by Crippen LogP contribution is -2.28. The second kappa shape index (κ2) is 9.61. The van der Waals surface area contributed by atoms with Crippen LogP contribution in [0.25, 0.3) is 6.08 Å². The van der Waals surface area contributed by atoms with Gasteiger partial charge in [-0.15, -0.1) is 0 Å². The summed E-state index contributed by atoms with van der Waals surface area (Å²) in [5.74, 6) is -0.525. The maximum Gasteiger partial charge on any atom is 0.344 e. The second-order valence-electron chi connectivity index (χ2n) is 7.93. The van der Waals surface area contributed by atoms with Crippen LogP contribution in [0.4, 0.5) is 5.69 Å².